The number of halogens is 1. The highest BCUT2D eigenvalue weighted by molar-refractivity contribution is 6.18. The number of alkyl halides is 1. The minimum absolute atomic E-state index is 0.0245. The zero-order valence-corrected chi connectivity index (χ0v) is 10.7. The Labute approximate surface area is 110 Å². The van der Waals surface area contributed by atoms with E-state index in [9.17, 15) is 4.79 Å². The molecule has 1 amide bonds. The first kappa shape index (κ1) is 11.7. The third kappa shape index (κ3) is 1.90. The van der Waals surface area contributed by atoms with Crippen molar-refractivity contribution in [3.05, 3.63) is 23.8 Å². The van der Waals surface area contributed by atoms with Gasteiger partial charge in [0.1, 0.15) is 0 Å². The molecule has 1 fully saturated rings. The van der Waals surface area contributed by atoms with Gasteiger partial charge in [-0.1, -0.05) is 0 Å². The molecule has 18 heavy (non-hydrogen) atoms. The highest BCUT2D eigenvalue weighted by Crippen LogP contribution is 2.33. The molecule has 0 aliphatic carbocycles. The molecular weight excluding hydrogens is 254 g/mol. The topological polar surface area (TPSA) is 38.8 Å². The number of rotatable bonds is 2. The molecule has 1 aromatic rings. The number of carbonyl (C=O) groups is 1. The van der Waals surface area contributed by atoms with Gasteiger partial charge in [0.05, 0.1) is 0 Å². The van der Waals surface area contributed by atoms with E-state index >= 15 is 0 Å². The number of likely N-dealkylation sites (tertiary alicyclic amines) is 1. The molecule has 2 aliphatic rings. The molecule has 0 saturated carbocycles. The number of amides is 1. The van der Waals surface area contributed by atoms with Crippen molar-refractivity contribution in [3.63, 3.8) is 0 Å². The van der Waals surface area contributed by atoms with Gasteiger partial charge in [0.2, 0.25) is 6.79 Å². The Kier molecular flexibility index (Phi) is 3.04. The quantitative estimate of drug-likeness (QED) is 0.772. The molecule has 0 N–H and O–H groups in total. The van der Waals surface area contributed by atoms with E-state index in [4.69, 9.17) is 21.1 Å². The highest BCUT2D eigenvalue weighted by Gasteiger charge is 2.29. The predicted molar refractivity (Wildman–Crippen MR) is 67.3 cm³/mol. The SMILES string of the molecule is O=C(c1ccc2c(c1)OCO2)N1CCC[C@H]1CCl. The van der Waals surface area contributed by atoms with Crippen molar-refractivity contribution in [1.29, 1.82) is 0 Å². The summed E-state index contributed by atoms with van der Waals surface area (Å²) in [5.41, 5.74) is 0.635. The van der Waals surface area contributed by atoms with Crippen LogP contribution in [0.1, 0.15) is 23.2 Å². The second-order valence-electron chi connectivity index (χ2n) is 4.52. The summed E-state index contributed by atoms with van der Waals surface area (Å²) in [4.78, 5) is 14.2. The summed E-state index contributed by atoms with van der Waals surface area (Å²) in [5, 5.41) is 0. The van der Waals surface area contributed by atoms with Gasteiger partial charge in [-0.2, -0.15) is 0 Å². The van der Waals surface area contributed by atoms with Crippen molar-refractivity contribution < 1.29 is 14.3 Å². The van der Waals surface area contributed by atoms with Crippen LogP contribution in [0.15, 0.2) is 18.2 Å². The molecule has 1 saturated heterocycles. The van der Waals surface area contributed by atoms with Gasteiger partial charge in [0.15, 0.2) is 11.5 Å². The van der Waals surface area contributed by atoms with Crippen LogP contribution < -0.4 is 9.47 Å². The third-order valence-corrected chi connectivity index (χ3v) is 3.79. The summed E-state index contributed by atoms with van der Waals surface area (Å²) in [5.74, 6) is 1.86. The van der Waals surface area contributed by atoms with E-state index < -0.39 is 0 Å². The van der Waals surface area contributed by atoms with E-state index in [1.807, 2.05) is 4.90 Å². The van der Waals surface area contributed by atoms with Crippen molar-refractivity contribution in [2.75, 3.05) is 19.2 Å². The van der Waals surface area contributed by atoms with Gasteiger partial charge in [0, 0.05) is 24.0 Å². The molecule has 4 nitrogen and oxygen atoms in total. The molecule has 0 aromatic heterocycles. The predicted octanol–water partition coefficient (Wildman–Crippen LogP) is 2.26. The lowest BCUT2D eigenvalue weighted by atomic mass is 10.1. The maximum atomic E-state index is 12.4. The van der Waals surface area contributed by atoms with Crippen LogP contribution in [0.2, 0.25) is 0 Å². The monoisotopic (exact) mass is 267 g/mol. The van der Waals surface area contributed by atoms with E-state index in [2.05, 4.69) is 0 Å². The maximum absolute atomic E-state index is 12.4. The number of benzene rings is 1. The molecule has 2 heterocycles. The number of nitrogens with zero attached hydrogens (tertiary/aromatic N) is 1. The Hall–Kier alpha value is -1.42. The molecule has 3 rings (SSSR count). The van der Waals surface area contributed by atoms with Crippen LogP contribution in [0, 0.1) is 0 Å². The fourth-order valence-corrected chi connectivity index (χ4v) is 2.78. The Morgan fingerprint density at radius 1 is 1.39 bits per heavy atom. The second kappa shape index (κ2) is 4.69. The van der Waals surface area contributed by atoms with Crippen LogP contribution in [-0.4, -0.2) is 36.1 Å². The van der Waals surface area contributed by atoms with Crippen LogP contribution in [0.5, 0.6) is 11.5 Å². The fourth-order valence-electron chi connectivity index (χ4n) is 2.46. The van der Waals surface area contributed by atoms with Crippen LogP contribution >= 0.6 is 11.6 Å². The van der Waals surface area contributed by atoms with E-state index in [1.165, 1.54) is 0 Å². The average molecular weight is 268 g/mol. The number of ether oxygens (including phenoxy) is 2. The molecule has 5 heteroatoms. The van der Waals surface area contributed by atoms with Crippen molar-refractivity contribution in [2.24, 2.45) is 0 Å². The Morgan fingerprint density at radius 2 is 2.22 bits per heavy atom. The fraction of sp³-hybridized carbons (Fsp3) is 0.462. The Bertz CT molecular complexity index is 477. The summed E-state index contributed by atoms with van der Waals surface area (Å²) < 4.78 is 10.5. The van der Waals surface area contributed by atoms with E-state index in [1.54, 1.807) is 18.2 Å². The van der Waals surface area contributed by atoms with Gasteiger partial charge < -0.3 is 14.4 Å². The summed E-state index contributed by atoms with van der Waals surface area (Å²) in [7, 11) is 0. The number of carbonyl (C=O) groups excluding carboxylic acids is 1. The van der Waals surface area contributed by atoms with Crippen LogP contribution in [-0.2, 0) is 0 Å². The molecule has 0 bridgehead atoms. The summed E-state index contributed by atoms with van der Waals surface area (Å²) in [6, 6.07) is 5.46. The van der Waals surface area contributed by atoms with Gasteiger partial charge in [-0.25, -0.2) is 0 Å². The highest BCUT2D eigenvalue weighted by atomic mass is 35.5. The first-order valence-electron chi connectivity index (χ1n) is 6.06. The van der Waals surface area contributed by atoms with Gasteiger partial charge >= 0.3 is 0 Å². The van der Waals surface area contributed by atoms with Crippen molar-refractivity contribution in [2.45, 2.75) is 18.9 Å². The van der Waals surface area contributed by atoms with Crippen molar-refractivity contribution >= 4 is 17.5 Å². The molecule has 0 spiro atoms. The summed E-state index contributed by atoms with van der Waals surface area (Å²) in [6.45, 7) is 1.01. The van der Waals surface area contributed by atoms with Crippen LogP contribution in [0.3, 0.4) is 0 Å². The molecule has 96 valence electrons. The third-order valence-electron chi connectivity index (χ3n) is 3.44. The summed E-state index contributed by atoms with van der Waals surface area (Å²) >= 11 is 5.89. The molecular formula is C13H14ClNO3. The number of hydrogen-bond donors (Lipinski definition) is 0. The average Bonchev–Trinajstić information content (AvgIpc) is 3.05. The lowest BCUT2D eigenvalue weighted by Gasteiger charge is -2.23. The van der Waals surface area contributed by atoms with Crippen molar-refractivity contribution in [3.8, 4) is 11.5 Å². The minimum atomic E-state index is 0.0245. The first-order chi connectivity index (χ1) is 8.79. The lowest BCUT2D eigenvalue weighted by Crippen LogP contribution is -2.36. The van der Waals surface area contributed by atoms with E-state index in [0.717, 1.165) is 19.4 Å². The molecule has 1 aromatic carbocycles. The largest absolute Gasteiger partial charge is 0.454 e. The van der Waals surface area contributed by atoms with Gasteiger partial charge in [-0.05, 0) is 31.0 Å². The zero-order chi connectivity index (χ0) is 12.5. The van der Waals surface area contributed by atoms with Gasteiger partial charge in [-0.3, -0.25) is 4.79 Å². The molecule has 0 unspecified atom stereocenters. The lowest BCUT2D eigenvalue weighted by molar-refractivity contribution is 0.0748. The smallest absolute Gasteiger partial charge is 0.254 e. The standard InChI is InChI=1S/C13H14ClNO3/c14-7-10-2-1-5-15(10)13(16)9-3-4-11-12(6-9)18-8-17-11/h3-4,6,10H,1-2,5,7-8H2/t10-/m0/s1. The Balaban J connectivity index is 1.84. The van der Waals surface area contributed by atoms with Crippen molar-refractivity contribution in [1.82, 2.24) is 4.90 Å². The Morgan fingerprint density at radius 3 is 3.06 bits per heavy atom. The normalized spacial score (nSPS) is 21.4. The first-order valence-corrected chi connectivity index (χ1v) is 6.59. The van der Waals surface area contributed by atoms with Gasteiger partial charge in [-0.15, -0.1) is 11.6 Å². The van der Waals surface area contributed by atoms with E-state index in [0.29, 0.717) is 22.9 Å². The maximum Gasteiger partial charge on any atom is 0.254 e. The van der Waals surface area contributed by atoms with Crippen LogP contribution in [0.25, 0.3) is 0 Å². The number of hydrogen-bond acceptors (Lipinski definition) is 3. The molecule has 1 atom stereocenters. The van der Waals surface area contributed by atoms with E-state index in [-0.39, 0.29) is 18.7 Å². The zero-order valence-electron chi connectivity index (χ0n) is 9.89. The molecule has 0 radical (unpaired) electrons. The number of fused-ring (bicyclic) bond motifs is 1. The van der Waals surface area contributed by atoms with Crippen LogP contribution in [0.4, 0.5) is 0 Å². The molecule has 2 aliphatic heterocycles. The second-order valence-corrected chi connectivity index (χ2v) is 4.83. The van der Waals surface area contributed by atoms with Gasteiger partial charge in [0.25, 0.3) is 5.91 Å². The minimum Gasteiger partial charge on any atom is -0.454 e. The summed E-state index contributed by atoms with van der Waals surface area (Å²) in [6.07, 6.45) is 2.01.